The number of hydrogen-bond acceptors (Lipinski definition) is 3. The van der Waals surface area contributed by atoms with Gasteiger partial charge in [-0.05, 0) is 35.0 Å². The van der Waals surface area contributed by atoms with Gasteiger partial charge in [-0.25, -0.2) is 0 Å². The van der Waals surface area contributed by atoms with Gasteiger partial charge < -0.3 is 10.1 Å². The summed E-state index contributed by atoms with van der Waals surface area (Å²) < 4.78 is 7.49. The monoisotopic (exact) mass is 355 g/mol. The molecule has 0 saturated carbocycles. The normalized spacial score (nSPS) is 12.1. The molecule has 4 aromatic rings. The van der Waals surface area contributed by atoms with Gasteiger partial charge in [-0.3, -0.25) is 9.48 Å². The first-order valence-electron chi connectivity index (χ1n) is 8.83. The second kappa shape index (κ2) is 6.29. The molecule has 27 heavy (non-hydrogen) atoms. The smallest absolute Gasteiger partial charge is 0.246 e. The van der Waals surface area contributed by atoms with Crippen LogP contribution in [0.4, 0.5) is 5.69 Å². The Bertz CT molecular complexity index is 1160. The standard InChI is InChI=1S/C22H17N3O2/c26-21(24-18-10-9-15-5-1-2-6-16(15)11-18)13-25-22-17(12-23-25)14-27-20-8-4-3-7-19(20)22/h1-12H,13-14H2,(H,24,26). The molecule has 0 saturated heterocycles. The summed E-state index contributed by atoms with van der Waals surface area (Å²) in [4.78, 5) is 12.6. The average molecular weight is 355 g/mol. The number of benzene rings is 3. The Balaban J connectivity index is 1.40. The van der Waals surface area contributed by atoms with Crippen LogP contribution < -0.4 is 10.1 Å². The Morgan fingerprint density at radius 1 is 1.04 bits per heavy atom. The van der Waals surface area contributed by atoms with Gasteiger partial charge in [-0.15, -0.1) is 0 Å². The molecule has 5 heteroatoms. The molecule has 0 aliphatic carbocycles. The van der Waals surface area contributed by atoms with Gasteiger partial charge in [0.25, 0.3) is 0 Å². The number of fused-ring (bicyclic) bond motifs is 4. The summed E-state index contributed by atoms with van der Waals surface area (Å²) in [6.45, 7) is 0.620. The fourth-order valence-corrected chi connectivity index (χ4v) is 3.51. The van der Waals surface area contributed by atoms with E-state index in [2.05, 4.69) is 16.5 Å². The molecule has 1 N–H and O–H groups in total. The number of carbonyl (C=O) groups excluding carboxylic acids is 1. The minimum atomic E-state index is -0.111. The van der Waals surface area contributed by atoms with E-state index in [1.807, 2.05) is 60.7 Å². The molecule has 5 rings (SSSR count). The minimum absolute atomic E-state index is 0.111. The van der Waals surface area contributed by atoms with Crippen molar-refractivity contribution in [2.24, 2.45) is 0 Å². The first-order valence-corrected chi connectivity index (χ1v) is 8.83. The van der Waals surface area contributed by atoms with Crippen molar-refractivity contribution in [3.63, 3.8) is 0 Å². The molecule has 0 atom stereocenters. The minimum Gasteiger partial charge on any atom is -0.488 e. The highest BCUT2D eigenvalue weighted by Gasteiger charge is 2.22. The fourth-order valence-electron chi connectivity index (χ4n) is 3.51. The van der Waals surface area contributed by atoms with Crippen molar-refractivity contribution in [3.05, 3.63) is 78.5 Å². The fraction of sp³-hybridized carbons (Fsp3) is 0.0909. The van der Waals surface area contributed by atoms with Gasteiger partial charge in [-0.2, -0.15) is 5.10 Å². The molecular weight excluding hydrogens is 338 g/mol. The van der Waals surface area contributed by atoms with Crippen molar-refractivity contribution in [3.8, 4) is 17.0 Å². The van der Waals surface area contributed by atoms with Crippen LogP contribution >= 0.6 is 0 Å². The lowest BCUT2D eigenvalue weighted by atomic mass is 10.0. The van der Waals surface area contributed by atoms with Gasteiger partial charge in [0.1, 0.15) is 18.9 Å². The molecule has 0 unspecified atom stereocenters. The molecule has 5 nitrogen and oxygen atoms in total. The van der Waals surface area contributed by atoms with Crippen molar-refractivity contribution in [1.82, 2.24) is 9.78 Å². The number of amides is 1. The molecule has 2 heterocycles. The largest absolute Gasteiger partial charge is 0.488 e. The summed E-state index contributed by atoms with van der Waals surface area (Å²) in [5, 5.41) is 9.62. The average Bonchev–Trinajstić information content (AvgIpc) is 3.11. The molecule has 1 aromatic heterocycles. The predicted octanol–water partition coefficient (Wildman–Crippen LogP) is 4.23. The summed E-state index contributed by atoms with van der Waals surface area (Å²) in [5.74, 6) is 0.710. The summed E-state index contributed by atoms with van der Waals surface area (Å²) in [7, 11) is 0. The maximum atomic E-state index is 12.6. The Hall–Kier alpha value is -3.60. The van der Waals surface area contributed by atoms with Crippen LogP contribution in [0.1, 0.15) is 5.56 Å². The summed E-state index contributed by atoms with van der Waals surface area (Å²) in [6.07, 6.45) is 1.77. The number of carbonyl (C=O) groups is 1. The van der Waals surface area contributed by atoms with E-state index < -0.39 is 0 Å². The molecule has 1 amide bonds. The maximum Gasteiger partial charge on any atom is 0.246 e. The Labute approximate surface area is 156 Å². The number of para-hydroxylation sites is 1. The molecule has 1 aliphatic heterocycles. The van der Waals surface area contributed by atoms with E-state index in [1.54, 1.807) is 10.9 Å². The van der Waals surface area contributed by atoms with Crippen LogP contribution in [0, 0.1) is 0 Å². The van der Waals surface area contributed by atoms with E-state index in [1.165, 1.54) is 0 Å². The third-order valence-electron chi connectivity index (χ3n) is 4.77. The second-order valence-electron chi connectivity index (χ2n) is 6.57. The molecule has 0 spiro atoms. The maximum absolute atomic E-state index is 12.6. The molecule has 0 fully saturated rings. The first kappa shape index (κ1) is 15.6. The quantitative estimate of drug-likeness (QED) is 0.598. The second-order valence-corrected chi connectivity index (χ2v) is 6.57. The summed E-state index contributed by atoms with van der Waals surface area (Å²) in [5.41, 5.74) is 3.69. The van der Waals surface area contributed by atoms with Crippen LogP contribution in [-0.4, -0.2) is 15.7 Å². The lowest BCUT2D eigenvalue weighted by molar-refractivity contribution is -0.116. The highest BCUT2D eigenvalue weighted by atomic mass is 16.5. The highest BCUT2D eigenvalue weighted by Crippen LogP contribution is 2.37. The molecule has 3 aromatic carbocycles. The molecule has 0 bridgehead atoms. The van der Waals surface area contributed by atoms with Crippen LogP contribution in [0.3, 0.4) is 0 Å². The Kier molecular flexibility index (Phi) is 3.64. The third-order valence-corrected chi connectivity index (χ3v) is 4.77. The van der Waals surface area contributed by atoms with Crippen molar-refractivity contribution >= 4 is 22.4 Å². The Morgan fingerprint density at radius 3 is 2.78 bits per heavy atom. The van der Waals surface area contributed by atoms with Gasteiger partial charge in [0.15, 0.2) is 0 Å². The van der Waals surface area contributed by atoms with Gasteiger partial charge in [-0.1, -0.05) is 42.5 Å². The number of hydrogen-bond donors (Lipinski definition) is 1. The van der Waals surface area contributed by atoms with E-state index in [0.29, 0.717) is 6.61 Å². The van der Waals surface area contributed by atoms with Crippen LogP contribution in [0.25, 0.3) is 22.0 Å². The van der Waals surface area contributed by atoms with Gasteiger partial charge in [0.2, 0.25) is 5.91 Å². The topological polar surface area (TPSA) is 56.2 Å². The van der Waals surface area contributed by atoms with E-state index in [4.69, 9.17) is 4.74 Å². The van der Waals surface area contributed by atoms with Crippen LogP contribution in [0.5, 0.6) is 5.75 Å². The lowest BCUT2D eigenvalue weighted by Gasteiger charge is -2.19. The van der Waals surface area contributed by atoms with Crippen molar-refractivity contribution < 1.29 is 9.53 Å². The number of nitrogens with zero attached hydrogens (tertiary/aromatic N) is 2. The van der Waals surface area contributed by atoms with Crippen molar-refractivity contribution in [2.75, 3.05) is 5.32 Å². The van der Waals surface area contributed by atoms with Crippen LogP contribution in [-0.2, 0) is 17.9 Å². The lowest BCUT2D eigenvalue weighted by Crippen LogP contribution is -2.20. The number of ether oxygens (including phenoxy) is 1. The summed E-state index contributed by atoms with van der Waals surface area (Å²) >= 11 is 0. The van der Waals surface area contributed by atoms with E-state index >= 15 is 0 Å². The van der Waals surface area contributed by atoms with Crippen LogP contribution in [0.2, 0.25) is 0 Å². The molecule has 0 radical (unpaired) electrons. The molecule has 1 aliphatic rings. The summed E-state index contributed by atoms with van der Waals surface area (Å²) in [6, 6.07) is 21.8. The van der Waals surface area contributed by atoms with Gasteiger partial charge in [0.05, 0.1) is 11.9 Å². The van der Waals surface area contributed by atoms with Gasteiger partial charge in [0, 0.05) is 16.8 Å². The van der Waals surface area contributed by atoms with E-state index in [-0.39, 0.29) is 12.5 Å². The zero-order valence-electron chi connectivity index (χ0n) is 14.6. The zero-order chi connectivity index (χ0) is 18.2. The van der Waals surface area contributed by atoms with E-state index in [9.17, 15) is 4.79 Å². The molecular formula is C22H17N3O2. The number of aromatic nitrogens is 2. The van der Waals surface area contributed by atoms with E-state index in [0.717, 1.165) is 39.0 Å². The predicted molar refractivity (Wildman–Crippen MR) is 105 cm³/mol. The zero-order valence-corrected chi connectivity index (χ0v) is 14.6. The number of anilines is 1. The SMILES string of the molecule is O=C(Cn1ncc2c1-c1ccccc1OC2)Nc1ccc2ccccc2c1. The highest BCUT2D eigenvalue weighted by molar-refractivity contribution is 5.94. The first-order chi connectivity index (χ1) is 13.3. The van der Waals surface area contributed by atoms with Gasteiger partial charge >= 0.3 is 0 Å². The Morgan fingerprint density at radius 2 is 1.85 bits per heavy atom. The number of rotatable bonds is 3. The molecule has 132 valence electrons. The van der Waals surface area contributed by atoms with Crippen molar-refractivity contribution in [1.29, 1.82) is 0 Å². The van der Waals surface area contributed by atoms with Crippen LogP contribution in [0.15, 0.2) is 72.9 Å². The number of nitrogens with one attached hydrogen (secondary N) is 1. The van der Waals surface area contributed by atoms with Crippen molar-refractivity contribution in [2.45, 2.75) is 13.2 Å². The third kappa shape index (κ3) is 2.83.